The second-order valence-electron chi connectivity index (χ2n) is 17.2. The molecule has 0 saturated carbocycles. The van der Waals surface area contributed by atoms with Gasteiger partial charge < -0.3 is 30.8 Å². The van der Waals surface area contributed by atoms with Crippen molar-refractivity contribution in [3.63, 3.8) is 0 Å². The predicted molar refractivity (Wildman–Crippen MR) is 226 cm³/mol. The van der Waals surface area contributed by atoms with Crippen LogP contribution in [-0.2, 0) is 18.5 Å². The van der Waals surface area contributed by atoms with Crippen LogP contribution in [0.3, 0.4) is 0 Å². The Morgan fingerprint density at radius 2 is 1.21 bits per heavy atom. The first-order valence-electron chi connectivity index (χ1n) is 20.2. The fraction of sp³-hybridized carbons (Fsp3) is 0.550. The highest BCUT2D eigenvalue weighted by Gasteiger charge is 2.37. The SMILES string of the molecule is Cn1cc(-c2cnn3c(N)cc(C4CCCN(CCO)C4)nc23)cn1.Cn1cc(-c2cnn3c(N)cc(C4CCCN(CCO[Si](C)(C)C(C)(C)C)C4)nc23)cn1. The molecule has 8 heterocycles. The highest BCUT2D eigenvalue weighted by atomic mass is 28.4. The van der Waals surface area contributed by atoms with Crippen molar-refractivity contribution in [2.24, 2.45) is 14.1 Å². The van der Waals surface area contributed by atoms with Crippen LogP contribution in [0.5, 0.6) is 0 Å². The lowest BCUT2D eigenvalue weighted by molar-refractivity contribution is 0.160. The van der Waals surface area contributed by atoms with Gasteiger partial charge in [-0.2, -0.15) is 29.4 Å². The first kappa shape index (κ1) is 40.5. The third-order valence-corrected chi connectivity index (χ3v) is 16.5. The van der Waals surface area contributed by atoms with Crippen molar-refractivity contribution < 1.29 is 9.53 Å². The predicted octanol–water partition coefficient (Wildman–Crippen LogP) is 4.80. The Hall–Kier alpha value is -4.68. The number of likely N-dealkylation sites (tertiary alicyclic amines) is 2. The Bertz CT molecular complexity index is 2280. The van der Waals surface area contributed by atoms with Crippen molar-refractivity contribution in [1.29, 1.82) is 0 Å². The molecule has 2 atom stereocenters. The van der Waals surface area contributed by atoms with E-state index < -0.39 is 8.32 Å². The molecule has 2 aliphatic rings. The number of nitrogen functional groups attached to an aromatic ring is 2. The van der Waals surface area contributed by atoms with Crippen molar-refractivity contribution in [1.82, 2.24) is 58.6 Å². The average molecular weight is 797 g/mol. The van der Waals surface area contributed by atoms with Gasteiger partial charge in [0.1, 0.15) is 11.6 Å². The highest BCUT2D eigenvalue weighted by molar-refractivity contribution is 6.74. The third-order valence-electron chi connectivity index (χ3n) is 12.0. The zero-order chi connectivity index (χ0) is 40.5. The molecule has 2 fully saturated rings. The summed E-state index contributed by atoms with van der Waals surface area (Å²) in [5, 5.41) is 26.8. The van der Waals surface area contributed by atoms with Crippen LogP contribution >= 0.6 is 0 Å². The fourth-order valence-corrected chi connectivity index (χ4v) is 8.78. The number of β-amino-alcohol motifs (C(OH)–C–C–N with tert-alkyl or cyclic N) is 1. The molecule has 0 spiro atoms. The van der Waals surface area contributed by atoms with Gasteiger partial charge in [0.05, 0.1) is 42.8 Å². The maximum Gasteiger partial charge on any atom is 0.192 e. The quantitative estimate of drug-likeness (QED) is 0.161. The van der Waals surface area contributed by atoms with E-state index in [1.807, 2.05) is 57.2 Å². The Balaban J connectivity index is 0.000000179. The lowest BCUT2D eigenvalue weighted by atomic mass is 9.94. The molecule has 5 N–H and O–H groups in total. The number of aliphatic hydroxyl groups is 1. The summed E-state index contributed by atoms with van der Waals surface area (Å²) < 4.78 is 13.4. The van der Waals surface area contributed by atoms with E-state index in [0.717, 1.165) is 110 Å². The van der Waals surface area contributed by atoms with Gasteiger partial charge in [0.15, 0.2) is 19.6 Å². The van der Waals surface area contributed by atoms with Crippen LogP contribution in [0.4, 0.5) is 11.6 Å². The second-order valence-corrected chi connectivity index (χ2v) is 22.0. The zero-order valence-electron chi connectivity index (χ0n) is 34.6. The zero-order valence-corrected chi connectivity index (χ0v) is 35.6. The number of fused-ring (bicyclic) bond motifs is 2. The minimum Gasteiger partial charge on any atom is -0.416 e. The van der Waals surface area contributed by atoms with Gasteiger partial charge in [0.25, 0.3) is 0 Å². The van der Waals surface area contributed by atoms with E-state index in [9.17, 15) is 5.11 Å². The number of aliphatic hydroxyl groups excluding tert-OH is 1. The number of nitrogens with two attached hydrogens (primary N) is 2. The number of hydrogen-bond donors (Lipinski definition) is 3. The molecular formula is C40H60N14O2Si. The van der Waals surface area contributed by atoms with E-state index in [1.165, 1.54) is 0 Å². The molecule has 2 saturated heterocycles. The Kier molecular flexibility index (Phi) is 11.8. The van der Waals surface area contributed by atoms with Crippen LogP contribution in [0.1, 0.15) is 69.7 Å². The van der Waals surface area contributed by atoms with Crippen molar-refractivity contribution >= 4 is 31.2 Å². The Labute approximate surface area is 336 Å². The standard InChI is InChI=1S/C23H37N7OSi.C17H23N7O/c1-23(2,3)32(5,6)31-11-10-29-9-7-8-17(16-29)20-12-21(24)30-22(27-20)19(14-26-30)18-13-25-28(4)15-18;1-22-10-13(8-19-22)14-9-20-24-16(18)7-15(21-17(14)24)12-3-2-4-23(11-12)5-6-25/h12-15,17H,7-11,16,24H2,1-6H3;7-10,12,25H,2-6,11,18H2,1H3. The first-order chi connectivity index (χ1) is 27.2. The van der Waals surface area contributed by atoms with E-state index in [-0.39, 0.29) is 11.6 Å². The molecule has 0 amide bonds. The summed E-state index contributed by atoms with van der Waals surface area (Å²) in [6.07, 6.45) is 15.7. The Morgan fingerprint density at radius 3 is 1.63 bits per heavy atom. The minimum atomic E-state index is -1.71. The topological polar surface area (TPSA) is 184 Å². The Morgan fingerprint density at radius 1 is 0.737 bits per heavy atom. The van der Waals surface area contributed by atoms with Gasteiger partial charge in [-0.05, 0) is 56.9 Å². The number of piperidine rings is 2. The van der Waals surface area contributed by atoms with Crippen LogP contribution in [0.15, 0.2) is 49.3 Å². The van der Waals surface area contributed by atoms with Gasteiger partial charge in [-0.15, -0.1) is 0 Å². The molecule has 8 rings (SSSR count). The number of nitrogens with zero attached hydrogens (tertiary/aromatic N) is 12. The number of aryl methyl sites for hydroxylation is 2. The summed E-state index contributed by atoms with van der Waals surface area (Å²) >= 11 is 0. The van der Waals surface area contributed by atoms with E-state index in [1.54, 1.807) is 24.6 Å². The molecule has 306 valence electrons. The second kappa shape index (κ2) is 16.7. The van der Waals surface area contributed by atoms with Gasteiger partial charge in [-0.1, -0.05) is 20.8 Å². The molecule has 2 unspecified atom stereocenters. The molecule has 0 aliphatic carbocycles. The molecule has 0 aromatic carbocycles. The van der Waals surface area contributed by atoms with Crippen LogP contribution < -0.4 is 11.5 Å². The smallest absolute Gasteiger partial charge is 0.192 e. The first-order valence-corrected chi connectivity index (χ1v) is 23.1. The number of rotatable bonds is 10. The summed E-state index contributed by atoms with van der Waals surface area (Å²) in [7, 11) is 2.09. The number of anilines is 2. The number of hydrogen-bond acceptors (Lipinski definition) is 12. The summed E-state index contributed by atoms with van der Waals surface area (Å²) in [5.41, 5.74) is 20.1. The normalized spacial score (nSPS) is 18.7. The number of aromatic nitrogens is 10. The van der Waals surface area contributed by atoms with Crippen LogP contribution in [0.25, 0.3) is 33.5 Å². The molecule has 2 aliphatic heterocycles. The van der Waals surface area contributed by atoms with Crippen LogP contribution in [0, 0.1) is 0 Å². The van der Waals surface area contributed by atoms with Crippen LogP contribution in [0.2, 0.25) is 18.1 Å². The molecule has 6 aromatic rings. The van der Waals surface area contributed by atoms with Crippen LogP contribution in [-0.4, -0.2) is 124 Å². The van der Waals surface area contributed by atoms with E-state index in [0.29, 0.717) is 30.0 Å². The van der Waals surface area contributed by atoms with Crippen molar-refractivity contribution in [3.8, 4) is 22.3 Å². The van der Waals surface area contributed by atoms with E-state index in [2.05, 4.69) is 64.1 Å². The minimum absolute atomic E-state index is 0.190. The third kappa shape index (κ3) is 8.92. The van der Waals surface area contributed by atoms with Gasteiger partial charge in [0, 0.05) is 105 Å². The maximum absolute atomic E-state index is 9.20. The molecule has 16 nitrogen and oxygen atoms in total. The fourth-order valence-electron chi connectivity index (χ4n) is 7.75. The van der Waals surface area contributed by atoms with E-state index in [4.69, 9.17) is 25.9 Å². The average Bonchev–Trinajstić information content (AvgIpc) is 3.99. The van der Waals surface area contributed by atoms with Crippen molar-refractivity contribution in [2.45, 2.75) is 76.4 Å². The summed E-state index contributed by atoms with van der Waals surface area (Å²) in [6.45, 7) is 18.2. The molecule has 57 heavy (non-hydrogen) atoms. The van der Waals surface area contributed by atoms with E-state index >= 15 is 0 Å². The molecule has 0 bridgehead atoms. The summed E-state index contributed by atoms with van der Waals surface area (Å²) in [5.74, 6) is 1.90. The van der Waals surface area contributed by atoms with Gasteiger partial charge in [-0.3, -0.25) is 9.36 Å². The van der Waals surface area contributed by atoms with Gasteiger partial charge in [-0.25, -0.2) is 9.97 Å². The van der Waals surface area contributed by atoms with Gasteiger partial charge >= 0.3 is 0 Å². The molecule has 0 radical (unpaired) electrons. The molecular weight excluding hydrogens is 737 g/mol. The molecule has 17 heteroatoms. The highest BCUT2D eigenvalue weighted by Crippen LogP contribution is 2.37. The largest absolute Gasteiger partial charge is 0.416 e. The van der Waals surface area contributed by atoms with Gasteiger partial charge in [0.2, 0.25) is 0 Å². The van der Waals surface area contributed by atoms with Crippen molar-refractivity contribution in [3.05, 3.63) is 60.7 Å². The molecule has 6 aromatic heterocycles. The maximum atomic E-state index is 9.20. The summed E-state index contributed by atoms with van der Waals surface area (Å²) in [6, 6.07) is 3.92. The summed E-state index contributed by atoms with van der Waals surface area (Å²) in [4.78, 5) is 14.7. The lowest BCUT2D eigenvalue weighted by Gasteiger charge is -2.38. The van der Waals surface area contributed by atoms with Crippen molar-refractivity contribution in [2.75, 3.05) is 63.9 Å². The monoisotopic (exact) mass is 796 g/mol. The lowest BCUT2D eigenvalue weighted by Crippen LogP contribution is -2.44.